The lowest BCUT2D eigenvalue weighted by atomic mass is 10.1. The minimum Gasteiger partial charge on any atom is -0.497 e. The van der Waals surface area contributed by atoms with E-state index in [1.165, 1.54) is 0 Å². The Bertz CT molecular complexity index is 425. The molecule has 1 atom stereocenters. The highest BCUT2D eigenvalue weighted by molar-refractivity contribution is 7.80. The van der Waals surface area contributed by atoms with Crippen molar-refractivity contribution in [3.8, 4) is 5.75 Å². The third-order valence-electron chi connectivity index (χ3n) is 3.00. The lowest BCUT2D eigenvalue weighted by Crippen LogP contribution is -2.44. The molecule has 1 fully saturated rings. The van der Waals surface area contributed by atoms with Gasteiger partial charge in [-0.2, -0.15) is 0 Å². The average molecular weight is 266 g/mol. The molecule has 0 spiro atoms. The van der Waals surface area contributed by atoms with E-state index in [1.54, 1.807) is 7.11 Å². The SMILES string of the molecule is COc1cccc(NC(=S)N2CCCC(O)C2)c1. The second-order valence-electron chi connectivity index (χ2n) is 4.40. The summed E-state index contributed by atoms with van der Waals surface area (Å²) >= 11 is 5.35. The molecule has 1 aromatic carbocycles. The lowest BCUT2D eigenvalue weighted by Gasteiger charge is -2.32. The van der Waals surface area contributed by atoms with Crippen molar-refractivity contribution in [3.63, 3.8) is 0 Å². The summed E-state index contributed by atoms with van der Waals surface area (Å²) in [6.45, 7) is 1.50. The quantitative estimate of drug-likeness (QED) is 0.800. The fraction of sp³-hybridized carbons (Fsp3) is 0.462. The predicted octanol–water partition coefficient (Wildman–Crippen LogP) is 1.85. The summed E-state index contributed by atoms with van der Waals surface area (Å²) in [5, 5.41) is 13.5. The van der Waals surface area contributed by atoms with Crippen LogP contribution >= 0.6 is 12.2 Å². The molecule has 1 unspecified atom stereocenters. The monoisotopic (exact) mass is 266 g/mol. The van der Waals surface area contributed by atoms with Crippen LogP contribution in [0, 0.1) is 0 Å². The summed E-state index contributed by atoms with van der Waals surface area (Å²) in [7, 11) is 1.64. The molecule has 0 bridgehead atoms. The van der Waals surface area contributed by atoms with E-state index < -0.39 is 0 Å². The van der Waals surface area contributed by atoms with Gasteiger partial charge < -0.3 is 20.1 Å². The van der Waals surface area contributed by atoms with E-state index in [2.05, 4.69) is 5.32 Å². The fourth-order valence-corrected chi connectivity index (χ4v) is 2.33. The summed E-state index contributed by atoms with van der Waals surface area (Å²) in [6, 6.07) is 7.63. The van der Waals surface area contributed by atoms with Gasteiger partial charge >= 0.3 is 0 Å². The molecule has 5 heteroatoms. The lowest BCUT2D eigenvalue weighted by molar-refractivity contribution is 0.104. The summed E-state index contributed by atoms with van der Waals surface area (Å²) in [5.74, 6) is 0.793. The molecule has 2 rings (SSSR count). The number of nitrogens with zero attached hydrogens (tertiary/aromatic N) is 1. The number of ether oxygens (including phenoxy) is 1. The van der Waals surface area contributed by atoms with Crippen LogP contribution in [-0.2, 0) is 0 Å². The Morgan fingerprint density at radius 2 is 2.39 bits per heavy atom. The summed E-state index contributed by atoms with van der Waals surface area (Å²) < 4.78 is 5.16. The van der Waals surface area contributed by atoms with Crippen molar-refractivity contribution in [2.75, 3.05) is 25.5 Å². The zero-order valence-corrected chi connectivity index (χ0v) is 11.2. The predicted molar refractivity (Wildman–Crippen MR) is 76.0 cm³/mol. The van der Waals surface area contributed by atoms with Crippen LogP contribution in [0.1, 0.15) is 12.8 Å². The number of piperidine rings is 1. The Morgan fingerprint density at radius 1 is 1.56 bits per heavy atom. The first kappa shape index (κ1) is 13.1. The number of methoxy groups -OCH3 is 1. The van der Waals surface area contributed by atoms with E-state index in [9.17, 15) is 5.11 Å². The normalized spacial score (nSPS) is 19.4. The molecule has 1 saturated heterocycles. The summed E-state index contributed by atoms with van der Waals surface area (Å²) in [5.41, 5.74) is 0.902. The molecule has 0 radical (unpaired) electrons. The van der Waals surface area contributed by atoms with Crippen molar-refractivity contribution in [1.82, 2.24) is 4.90 Å². The smallest absolute Gasteiger partial charge is 0.173 e. The van der Waals surface area contributed by atoms with E-state index in [-0.39, 0.29) is 6.10 Å². The van der Waals surface area contributed by atoms with Crippen molar-refractivity contribution < 1.29 is 9.84 Å². The standard InChI is InChI=1S/C13H18N2O2S/c1-17-12-6-2-4-10(8-12)14-13(18)15-7-3-5-11(16)9-15/h2,4,6,8,11,16H,3,5,7,9H2,1H3,(H,14,18). The zero-order chi connectivity index (χ0) is 13.0. The molecule has 1 aliphatic rings. The van der Waals surface area contributed by atoms with E-state index in [4.69, 9.17) is 17.0 Å². The number of anilines is 1. The molecule has 0 saturated carbocycles. The van der Waals surface area contributed by atoms with Gasteiger partial charge in [0, 0.05) is 24.8 Å². The summed E-state index contributed by atoms with van der Waals surface area (Å²) in [6.07, 6.45) is 1.56. The van der Waals surface area contributed by atoms with Crippen LogP contribution in [0.4, 0.5) is 5.69 Å². The maximum atomic E-state index is 9.63. The molecule has 4 nitrogen and oxygen atoms in total. The van der Waals surface area contributed by atoms with Crippen molar-refractivity contribution in [2.45, 2.75) is 18.9 Å². The summed E-state index contributed by atoms with van der Waals surface area (Å²) in [4.78, 5) is 2.00. The van der Waals surface area contributed by atoms with Crippen molar-refractivity contribution in [2.24, 2.45) is 0 Å². The maximum Gasteiger partial charge on any atom is 0.173 e. The van der Waals surface area contributed by atoms with Crippen molar-refractivity contribution in [3.05, 3.63) is 24.3 Å². The van der Waals surface area contributed by atoms with Gasteiger partial charge in [-0.1, -0.05) is 6.07 Å². The number of likely N-dealkylation sites (tertiary alicyclic amines) is 1. The third kappa shape index (κ3) is 3.34. The number of hydrogen-bond acceptors (Lipinski definition) is 3. The Hall–Kier alpha value is -1.33. The molecular weight excluding hydrogens is 248 g/mol. The van der Waals surface area contributed by atoms with Gasteiger partial charge in [-0.25, -0.2) is 0 Å². The first-order chi connectivity index (χ1) is 8.69. The largest absolute Gasteiger partial charge is 0.497 e. The number of benzene rings is 1. The van der Waals surface area contributed by atoms with Gasteiger partial charge in [-0.3, -0.25) is 0 Å². The minimum atomic E-state index is -0.274. The molecular formula is C13H18N2O2S. The molecule has 98 valence electrons. The molecule has 0 aromatic heterocycles. The fourth-order valence-electron chi connectivity index (χ4n) is 2.04. The molecule has 2 N–H and O–H groups in total. The van der Waals surface area contributed by atoms with Gasteiger partial charge in [0.2, 0.25) is 0 Å². The van der Waals surface area contributed by atoms with Crippen molar-refractivity contribution in [1.29, 1.82) is 0 Å². The second-order valence-corrected chi connectivity index (χ2v) is 4.79. The second kappa shape index (κ2) is 6.02. The van der Waals surface area contributed by atoms with Gasteiger partial charge in [-0.05, 0) is 37.2 Å². The Kier molecular flexibility index (Phi) is 4.38. The van der Waals surface area contributed by atoms with Crippen LogP contribution in [0.25, 0.3) is 0 Å². The number of β-amino-alcohol motifs (C(OH)–C–C–N with tert-alkyl or cyclic N) is 1. The van der Waals surface area contributed by atoms with Crippen LogP contribution < -0.4 is 10.1 Å². The number of aliphatic hydroxyl groups is 1. The van der Waals surface area contributed by atoms with Gasteiger partial charge in [0.15, 0.2) is 5.11 Å². The molecule has 1 heterocycles. The van der Waals surface area contributed by atoms with Crippen molar-refractivity contribution >= 4 is 23.0 Å². The van der Waals surface area contributed by atoms with Gasteiger partial charge in [-0.15, -0.1) is 0 Å². The Labute approximate surface area is 113 Å². The van der Waals surface area contributed by atoms with Crippen LogP contribution in [0.5, 0.6) is 5.75 Å². The number of aliphatic hydroxyl groups excluding tert-OH is 1. The van der Waals surface area contributed by atoms with E-state index in [1.807, 2.05) is 29.2 Å². The van der Waals surface area contributed by atoms with Crippen LogP contribution in [0.2, 0.25) is 0 Å². The molecule has 1 aliphatic heterocycles. The van der Waals surface area contributed by atoms with E-state index in [0.29, 0.717) is 11.7 Å². The molecule has 0 aliphatic carbocycles. The highest BCUT2D eigenvalue weighted by atomic mass is 32.1. The highest BCUT2D eigenvalue weighted by Gasteiger charge is 2.19. The van der Waals surface area contributed by atoms with Crippen LogP contribution in [-0.4, -0.2) is 41.4 Å². The highest BCUT2D eigenvalue weighted by Crippen LogP contribution is 2.18. The van der Waals surface area contributed by atoms with Gasteiger partial charge in [0.25, 0.3) is 0 Å². The maximum absolute atomic E-state index is 9.63. The van der Waals surface area contributed by atoms with Gasteiger partial charge in [0.05, 0.1) is 13.2 Å². The van der Waals surface area contributed by atoms with Gasteiger partial charge in [0.1, 0.15) is 5.75 Å². The molecule has 0 amide bonds. The van der Waals surface area contributed by atoms with Crippen LogP contribution in [0.15, 0.2) is 24.3 Å². The van der Waals surface area contributed by atoms with Crippen LogP contribution in [0.3, 0.4) is 0 Å². The average Bonchev–Trinajstić information content (AvgIpc) is 2.39. The Balaban J connectivity index is 1.97. The number of thiocarbonyl (C=S) groups is 1. The number of hydrogen-bond donors (Lipinski definition) is 2. The number of nitrogens with one attached hydrogen (secondary N) is 1. The third-order valence-corrected chi connectivity index (χ3v) is 3.36. The van der Waals surface area contributed by atoms with E-state index in [0.717, 1.165) is 30.8 Å². The first-order valence-corrected chi connectivity index (χ1v) is 6.48. The molecule has 18 heavy (non-hydrogen) atoms. The first-order valence-electron chi connectivity index (χ1n) is 6.07. The zero-order valence-electron chi connectivity index (χ0n) is 10.4. The number of rotatable bonds is 2. The minimum absolute atomic E-state index is 0.274. The van der Waals surface area contributed by atoms with E-state index >= 15 is 0 Å². The molecule has 1 aromatic rings. The Morgan fingerprint density at radius 3 is 3.11 bits per heavy atom. The topological polar surface area (TPSA) is 44.7 Å².